The molecule has 0 N–H and O–H groups in total. The van der Waals surface area contributed by atoms with Crippen molar-refractivity contribution in [2.24, 2.45) is 5.41 Å². The minimum absolute atomic E-state index is 0.240. The number of aromatic nitrogens is 2. The molecular weight excluding hydrogens is 1490 g/mol. The maximum Gasteiger partial charge on any atom is 0.146 e. The van der Waals surface area contributed by atoms with E-state index in [9.17, 15) is 0 Å². The van der Waals surface area contributed by atoms with Crippen molar-refractivity contribution < 1.29 is 0 Å². The molecule has 2 nitrogen and oxygen atoms in total. The van der Waals surface area contributed by atoms with E-state index < -0.39 is 0 Å². The number of nitrogens with zero attached hydrogens (tertiary/aromatic N) is 2. The summed E-state index contributed by atoms with van der Waals surface area (Å²) in [6, 6.07) is 10.5. The van der Waals surface area contributed by atoms with Crippen LogP contribution in [0.2, 0.25) is 0 Å². The molecule has 3 rings (SSSR count). The molecule has 3 aromatic rings. The second-order valence-corrected chi connectivity index (χ2v) is 71.2. The summed E-state index contributed by atoms with van der Waals surface area (Å²) in [6.45, 7) is 6.75. The van der Waals surface area contributed by atoms with Gasteiger partial charge in [0, 0.05) is 345 Å². The van der Waals surface area contributed by atoms with Crippen LogP contribution in [0.5, 0.6) is 0 Å². The first kappa shape index (κ1) is 58.9. The van der Waals surface area contributed by atoms with Crippen LogP contribution < -0.4 is 0 Å². The molecule has 2 heterocycles. The molecule has 40 heteroatoms. The Labute approximate surface area is 443 Å². The molecule has 0 aliphatic heterocycles. The van der Waals surface area contributed by atoms with E-state index in [4.69, 9.17) is 27.4 Å². The van der Waals surface area contributed by atoms with Gasteiger partial charge in [0.15, 0.2) is 0 Å². The Kier molecular flexibility index (Phi) is 44.1. The number of halogens is 1. The van der Waals surface area contributed by atoms with Crippen molar-refractivity contribution in [3.05, 3.63) is 46.8 Å². The molecule has 0 aliphatic carbocycles. The lowest BCUT2D eigenvalue weighted by Gasteiger charge is -2.18. The maximum atomic E-state index is 4.80. The van der Waals surface area contributed by atoms with Gasteiger partial charge in [-0.15, -0.1) is 0 Å². The van der Waals surface area contributed by atoms with Crippen LogP contribution in [0, 0.1) is 5.41 Å². The molecule has 0 saturated heterocycles. The summed E-state index contributed by atoms with van der Waals surface area (Å²) in [5.41, 5.74) is 2.52. The standard InChI is InChI=1S/C16H17BrN2.S37/c1-16(2,3)10-13-14(17)18-15-12-7-5-4-6-11(12)8-9-19(13)15;1-3-5-7-9-11-13-15-17-19-21-23-25-27-29-31-33-35-37-36-34-32-30-28-26-24-22-20-18-16-14-12-10-8-6-4-2/h4-9H,10H2,1-3H3;. The molecule has 0 saturated carbocycles. The smallest absolute Gasteiger partial charge is 0.146 e. The average molecular weight is 1500 g/mol. The minimum Gasteiger partial charge on any atom is -0.302 e. The lowest BCUT2D eigenvalue weighted by Crippen LogP contribution is -2.11. The maximum absolute atomic E-state index is 4.80. The van der Waals surface area contributed by atoms with Gasteiger partial charge in [0.25, 0.3) is 0 Å². The van der Waals surface area contributed by atoms with Gasteiger partial charge in [0.05, 0.1) is 5.69 Å². The van der Waals surface area contributed by atoms with Crippen LogP contribution in [0.25, 0.3) is 16.4 Å². The van der Waals surface area contributed by atoms with Crippen molar-refractivity contribution in [2.45, 2.75) is 27.2 Å². The minimum atomic E-state index is 0.240. The predicted molar refractivity (Wildman–Crippen MR) is 356 cm³/mol. The van der Waals surface area contributed by atoms with Gasteiger partial charge >= 0.3 is 0 Å². The third-order valence-corrected chi connectivity index (χ3v) is 80.4. The summed E-state index contributed by atoms with van der Waals surface area (Å²) in [7, 11) is 61.9. The Bertz CT molecular complexity index is 3380. The van der Waals surface area contributed by atoms with Crippen LogP contribution in [0.4, 0.5) is 0 Å². The molecular formula is C16H17BrN2S37. The third-order valence-electron chi connectivity index (χ3n) is 4.21. The molecule has 1 aromatic carbocycles. The SMILES string of the molecule is CC(C)(C)Cc1c(Br)nc2c3ccccc3ccn12.S=S=S=S=S=S=S=S=S=S=S=S=S=S=S=S=S=S=S=S=S=S=S=S=S=S=S=S=S=S=S=S=S=S=S=S=S. The molecule has 2 aromatic heterocycles. The number of hydrogen-bond donors (Lipinski definition) is 0. The first-order valence-electron chi connectivity index (χ1n) is 12.5. The van der Waals surface area contributed by atoms with Crippen LogP contribution in [-0.2, 0) is 340 Å². The van der Waals surface area contributed by atoms with E-state index in [-0.39, 0.29) is 5.41 Å². The number of imidazole rings is 1. The van der Waals surface area contributed by atoms with E-state index in [2.05, 4.69) is 77.6 Å². The summed E-state index contributed by atoms with van der Waals surface area (Å²) >= 11 is 13.2. The van der Waals surface area contributed by atoms with E-state index >= 15 is 0 Å². The fourth-order valence-corrected chi connectivity index (χ4v) is 93.9. The van der Waals surface area contributed by atoms with Gasteiger partial charge < -0.3 is 4.40 Å². The van der Waals surface area contributed by atoms with Crippen molar-refractivity contribution in [3.8, 4) is 0 Å². The van der Waals surface area contributed by atoms with Crippen molar-refractivity contribution >= 4 is 366 Å². The van der Waals surface area contributed by atoms with Gasteiger partial charge in [-0.05, 0) is 39.2 Å². The van der Waals surface area contributed by atoms with Gasteiger partial charge in [-0.2, -0.15) is 0 Å². The molecule has 320 valence electrons. The topological polar surface area (TPSA) is 17.3 Å². The highest BCUT2D eigenvalue weighted by Crippen LogP contribution is 2.29. The highest BCUT2D eigenvalue weighted by atomic mass is 79.9. The van der Waals surface area contributed by atoms with Crippen LogP contribution >= 0.6 is 15.9 Å². The number of benzene rings is 1. The summed E-state index contributed by atoms with van der Waals surface area (Å²) in [5, 5.41) is 2.43. The van der Waals surface area contributed by atoms with E-state index in [0.29, 0.717) is 0 Å². The highest BCUT2D eigenvalue weighted by Gasteiger charge is 2.19. The molecule has 0 bridgehead atoms. The van der Waals surface area contributed by atoms with Gasteiger partial charge in [-0.3, -0.25) is 0 Å². The number of rotatable bonds is 1. The fraction of sp³-hybridized carbons (Fsp3) is 0.312. The largest absolute Gasteiger partial charge is 0.302 e. The molecule has 0 amide bonds. The molecule has 0 radical (unpaired) electrons. The lowest BCUT2D eigenvalue weighted by molar-refractivity contribution is 0.404. The van der Waals surface area contributed by atoms with E-state index in [1.165, 1.54) is 34.2 Å². The highest BCUT2D eigenvalue weighted by molar-refractivity contribution is 9.10. The molecule has 0 fully saturated rings. The first-order chi connectivity index (χ1) is 27.4. The van der Waals surface area contributed by atoms with Crippen LogP contribution in [-0.4, -0.2) is 9.38 Å². The van der Waals surface area contributed by atoms with Gasteiger partial charge in [-0.25, -0.2) is 4.98 Å². The molecule has 0 atom stereocenters. The number of pyridine rings is 1. The first-order valence-corrected chi connectivity index (χ1v) is 61.3. The van der Waals surface area contributed by atoms with Crippen LogP contribution in [0.3, 0.4) is 0 Å². The zero-order valence-corrected chi connectivity index (χ0v) is 58.3. The van der Waals surface area contributed by atoms with Gasteiger partial charge in [0.1, 0.15) is 10.3 Å². The van der Waals surface area contributed by atoms with E-state index in [0.717, 1.165) is 16.7 Å². The monoisotopic (exact) mass is 1500 g/mol. The summed E-state index contributed by atoms with van der Waals surface area (Å²) in [6.07, 6.45) is 3.11. The second kappa shape index (κ2) is 41.9. The zero-order valence-electron chi connectivity index (χ0n) is 26.5. The Hall–Kier alpha value is 6.79. The summed E-state index contributed by atoms with van der Waals surface area (Å²) in [4.78, 5) is 4.71. The molecule has 56 heavy (non-hydrogen) atoms. The quantitative estimate of drug-likeness (QED) is 0.351. The summed E-state index contributed by atoms with van der Waals surface area (Å²) < 4.78 is 3.16. The Balaban J connectivity index is 0.000000468. The zero-order chi connectivity index (χ0) is 40.4. The van der Waals surface area contributed by atoms with Crippen LogP contribution in [0.15, 0.2) is 41.1 Å². The Morgan fingerprint density at radius 3 is 1.09 bits per heavy atom. The third kappa shape index (κ3) is 32.5. The number of fused-ring (bicyclic) bond motifs is 3. The molecule has 0 spiro atoms. The van der Waals surface area contributed by atoms with E-state index in [1.54, 1.807) is 107 Å². The summed E-state index contributed by atoms with van der Waals surface area (Å²) in [5.74, 6) is 0. The lowest BCUT2D eigenvalue weighted by atomic mass is 9.91. The molecule has 0 aliphatic rings. The normalized spacial score (nSPS) is 9.29. The van der Waals surface area contributed by atoms with Crippen molar-refractivity contribution in [2.75, 3.05) is 0 Å². The molecule has 0 unspecified atom stereocenters. The van der Waals surface area contributed by atoms with Crippen molar-refractivity contribution in [3.63, 3.8) is 0 Å². The van der Waals surface area contributed by atoms with Gasteiger partial charge in [-0.1, -0.05) is 45.0 Å². The Morgan fingerprint density at radius 2 is 0.786 bits per heavy atom. The predicted octanol–water partition coefficient (Wildman–Crippen LogP) is 4.75. The number of hydrogen-bond acceptors (Lipinski definition) is 3. The van der Waals surface area contributed by atoms with Crippen molar-refractivity contribution in [1.82, 2.24) is 9.38 Å². The fourth-order valence-electron chi connectivity index (χ4n) is 2.82. The van der Waals surface area contributed by atoms with Gasteiger partial charge in [0.2, 0.25) is 0 Å². The second-order valence-electron chi connectivity index (χ2n) is 8.56. The Morgan fingerprint density at radius 1 is 0.482 bits per heavy atom. The van der Waals surface area contributed by atoms with E-state index in [1.807, 2.05) is 186 Å². The average Bonchev–Trinajstić information content (AvgIpc) is 3.50. The van der Waals surface area contributed by atoms with Crippen molar-refractivity contribution in [1.29, 1.82) is 0 Å². The van der Waals surface area contributed by atoms with Crippen LogP contribution in [0.1, 0.15) is 26.5 Å².